The van der Waals surface area contributed by atoms with E-state index in [1.165, 1.54) is 10.9 Å². The molecule has 100 valence electrons. The molecule has 0 spiro atoms. The molecular formula is C11H19N5O2. The fourth-order valence-corrected chi connectivity index (χ4v) is 1.36. The van der Waals surface area contributed by atoms with Crippen molar-refractivity contribution >= 4 is 17.6 Å². The van der Waals surface area contributed by atoms with Gasteiger partial charge < -0.3 is 16.4 Å². The highest BCUT2D eigenvalue weighted by Gasteiger charge is 2.19. The van der Waals surface area contributed by atoms with Crippen molar-refractivity contribution in [3.63, 3.8) is 0 Å². The summed E-state index contributed by atoms with van der Waals surface area (Å²) in [5.41, 5.74) is 5.95. The maximum Gasteiger partial charge on any atom is 0.257 e. The van der Waals surface area contributed by atoms with Crippen molar-refractivity contribution in [1.29, 1.82) is 0 Å². The molecule has 0 aliphatic heterocycles. The van der Waals surface area contributed by atoms with Crippen molar-refractivity contribution < 1.29 is 9.59 Å². The van der Waals surface area contributed by atoms with Crippen molar-refractivity contribution in [1.82, 2.24) is 20.4 Å². The van der Waals surface area contributed by atoms with Gasteiger partial charge in [0.25, 0.3) is 5.91 Å². The molecule has 1 atom stereocenters. The number of amides is 2. The summed E-state index contributed by atoms with van der Waals surface area (Å²) in [6.45, 7) is 4.17. The smallest absolute Gasteiger partial charge is 0.257 e. The van der Waals surface area contributed by atoms with Gasteiger partial charge in [-0.2, -0.15) is 5.10 Å². The Bertz CT molecular complexity index is 441. The molecule has 0 bridgehead atoms. The van der Waals surface area contributed by atoms with Crippen LogP contribution in [0.4, 0.5) is 5.82 Å². The number of carbonyl (C=O) groups is 2. The minimum atomic E-state index is -0.608. The van der Waals surface area contributed by atoms with Gasteiger partial charge in [-0.05, 0) is 13.3 Å². The number of rotatable bonds is 5. The van der Waals surface area contributed by atoms with Crippen LogP contribution in [-0.2, 0) is 11.8 Å². The molecule has 0 aliphatic carbocycles. The number of anilines is 1. The number of nitrogens with zero attached hydrogens (tertiary/aromatic N) is 2. The van der Waals surface area contributed by atoms with Gasteiger partial charge in [0.2, 0.25) is 5.91 Å². The molecule has 1 rings (SSSR count). The molecule has 7 heteroatoms. The third kappa shape index (κ3) is 3.22. The molecular weight excluding hydrogens is 234 g/mol. The molecule has 0 aromatic carbocycles. The van der Waals surface area contributed by atoms with Gasteiger partial charge in [0.1, 0.15) is 17.4 Å². The lowest BCUT2D eigenvalue weighted by Gasteiger charge is -2.13. The third-order valence-electron chi connectivity index (χ3n) is 2.52. The van der Waals surface area contributed by atoms with E-state index in [-0.39, 0.29) is 17.3 Å². The zero-order valence-electron chi connectivity index (χ0n) is 10.9. The van der Waals surface area contributed by atoms with Gasteiger partial charge in [0.05, 0.1) is 6.20 Å². The lowest BCUT2D eigenvalue weighted by molar-refractivity contribution is -0.122. The largest absolute Gasteiger partial charge is 0.383 e. The van der Waals surface area contributed by atoms with Gasteiger partial charge in [-0.25, -0.2) is 0 Å². The lowest BCUT2D eigenvalue weighted by Crippen LogP contribution is -2.45. The minimum absolute atomic E-state index is 0.215. The second kappa shape index (κ2) is 6.04. The molecule has 4 N–H and O–H groups in total. The van der Waals surface area contributed by atoms with E-state index in [9.17, 15) is 9.59 Å². The number of nitrogens with one attached hydrogen (secondary N) is 2. The summed E-state index contributed by atoms with van der Waals surface area (Å²) in [7, 11) is 1.64. The highest BCUT2D eigenvalue weighted by molar-refractivity contribution is 6.00. The van der Waals surface area contributed by atoms with Gasteiger partial charge in [-0.3, -0.25) is 14.3 Å². The standard InChI is InChI=1S/C11H19N5O2/c1-4-5-13-10(17)7(2)15-11(18)8-6-14-16(3)9(8)12/h6-7H,4-5,12H2,1-3H3,(H,13,17)(H,15,18). The first kappa shape index (κ1) is 14.0. The van der Waals surface area contributed by atoms with Crippen LogP contribution in [0.3, 0.4) is 0 Å². The molecule has 7 nitrogen and oxygen atoms in total. The Kier molecular flexibility index (Phi) is 4.70. The number of nitrogens with two attached hydrogens (primary N) is 1. The van der Waals surface area contributed by atoms with E-state index in [2.05, 4.69) is 15.7 Å². The van der Waals surface area contributed by atoms with E-state index in [1.54, 1.807) is 14.0 Å². The first-order valence-electron chi connectivity index (χ1n) is 5.83. The molecule has 0 radical (unpaired) electrons. The predicted molar refractivity (Wildman–Crippen MR) is 67.8 cm³/mol. The SMILES string of the molecule is CCCNC(=O)C(C)NC(=O)c1cnn(C)c1N. The topological polar surface area (TPSA) is 102 Å². The number of aryl methyl sites for hydroxylation is 1. The monoisotopic (exact) mass is 253 g/mol. The van der Waals surface area contributed by atoms with Crippen LogP contribution in [0.1, 0.15) is 30.6 Å². The van der Waals surface area contributed by atoms with Crippen molar-refractivity contribution in [3.8, 4) is 0 Å². The predicted octanol–water partition coefficient (Wildman–Crippen LogP) is -0.353. The Morgan fingerprint density at radius 1 is 1.56 bits per heavy atom. The third-order valence-corrected chi connectivity index (χ3v) is 2.52. The number of hydrogen-bond acceptors (Lipinski definition) is 4. The van der Waals surface area contributed by atoms with Crippen molar-refractivity contribution in [3.05, 3.63) is 11.8 Å². The average molecular weight is 253 g/mol. The Morgan fingerprint density at radius 3 is 2.72 bits per heavy atom. The Morgan fingerprint density at radius 2 is 2.22 bits per heavy atom. The van der Waals surface area contributed by atoms with Gasteiger partial charge in [0, 0.05) is 13.6 Å². The van der Waals surface area contributed by atoms with Crippen LogP contribution in [0.25, 0.3) is 0 Å². The molecule has 1 heterocycles. The van der Waals surface area contributed by atoms with E-state index in [0.717, 1.165) is 6.42 Å². The highest BCUT2D eigenvalue weighted by atomic mass is 16.2. The molecule has 1 unspecified atom stereocenters. The quantitative estimate of drug-likeness (QED) is 0.667. The number of aromatic nitrogens is 2. The molecule has 0 saturated carbocycles. The summed E-state index contributed by atoms with van der Waals surface area (Å²) < 4.78 is 1.40. The van der Waals surface area contributed by atoms with E-state index >= 15 is 0 Å². The second-order valence-corrected chi connectivity index (χ2v) is 4.05. The van der Waals surface area contributed by atoms with Crippen LogP contribution in [0.2, 0.25) is 0 Å². The van der Waals surface area contributed by atoms with E-state index in [1.807, 2.05) is 6.92 Å². The van der Waals surface area contributed by atoms with Gasteiger partial charge in [-0.15, -0.1) is 0 Å². The van der Waals surface area contributed by atoms with Gasteiger partial charge in [0.15, 0.2) is 0 Å². The van der Waals surface area contributed by atoms with Crippen molar-refractivity contribution in [2.45, 2.75) is 26.3 Å². The molecule has 18 heavy (non-hydrogen) atoms. The molecule has 1 aromatic rings. The molecule has 0 saturated heterocycles. The number of nitrogen functional groups attached to an aromatic ring is 1. The Hall–Kier alpha value is -2.05. The maximum absolute atomic E-state index is 11.8. The summed E-state index contributed by atoms with van der Waals surface area (Å²) in [5, 5.41) is 9.15. The normalized spacial score (nSPS) is 11.9. The van der Waals surface area contributed by atoms with Crippen LogP contribution in [0.15, 0.2) is 6.20 Å². The molecule has 0 fully saturated rings. The van der Waals surface area contributed by atoms with Crippen LogP contribution in [0, 0.1) is 0 Å². The average Bonchev–Trinajstić information content (AvgIpc) is 2.66. The van der Waals surface area contributed by atoms with Gasteiger partial charge in [-0.1, -0.05) is 6.92 Å². The summed E-state index contributed by atoms with van der Waals surface area (Å²) >= 11 is 0. The van der Waals surface area contributed by atoms with Crippen molar-refractivity contribution in [2.24, 2.45) is 7.05 Å². The fourth-order valence-electron chi connectivity index (χ4n) is 1.36. The molecule has 2 amide bonds. The van der Waals surface area contributed by atoms with E-state index in [4.69, 9.17) is 5.73 Å². The van der Waals surface area contributed by atoms with Crippen LogP contribution < -0.4 is 16.4 Å². The summed E-state index contributed by atoms with van der Waals surface area (Å²) in [6, 6.07) is -0.608. The fraction of sp³-hybridized carbons (Fsp3) is 0.545. The van der Waals surface area contributed by atoms with Crippen molar-refractivity contribution in [2.75, 3.05) is 12.3 Å². The lowest BCUT2D eigenvalue weighted by atomic mass is 10.2. The first-order chi connectivity index (χ1) is 8.47. The summed E-state index contributed by atoms with van der Waals surface area (Å²) in [4.78, 5) is 23.4. The van der Waals surface area contributed by atoms with Crippen LogP contribution in [0.5, 0.6) is 0 Å². The van der Waals surface area contributed by atoms with Crippen LogP contribution >= 0.6 is 0 Å². The minimum Gasteiger partial charge on any atom is -0.383 e. The second-order valence-electron chi connectivity index (χ2n) is 4.05. The summed E-state index contributed by atoms with van der Waals surface area (Å²) in [5.74, 6) is -0.346. The van der Waals surface area contributed by atoms with E-state index in [0.29, 0.717) is 6.54 Å². The highest BCUT2D eigenvalue weighted by Crippen LogP contribution is 2.08. The molecule has 1 aromatic heterocycles. The zero-order valence-corrected chi connectivity index (χ0v) is 10.9. The Labute approximate surface area is 106 Å². The Balaban J connectivity index is 2.59. The number of carbonyl (C=O) groups excluding carboxylic acids is 2. The van der Waals surface area contributed by atoms with Crippen LogP contribution in [-0.4, -0.2) is 34.2 Å². The summed E-state index contributed by atoms with van der Waals surface area (Å²) in [6.07, 6.45) is 2.23. The maximum atomic E-state index is 11.8. The van der Waals surface area contributed by atoms with E-state index < -0.39 is 11.9 Å². The number of hydrogen-bond donors (Lipinski definition) is 3. The first-order valence-corrected chi connectivity index (χ1v) is 5.83. The van der Waals surface area contributed by atoms with Gasteiger partial charge >= 0.3 is 0 Å². The zero-order chi connectivity index (χ0) is 13.7. The molecule has 0 aliphatic rings.